The number of ether oxygens (including phenoxy) is 1. The van der Waals surface area contributed by atoms with E-state index in [9.17, 15) is 15.0 Å². The summed E-state index contributed by atoms with van der Waals surface area (Å²) in [7, 11) is 1.51. The minimum atomic E-state index is -0.667. The molecule has 27 heavy (non-hydrogen) atoms. The highest BCUT2D eigenvalue weighted by atomic mass is 16.5. The van der Waals surface area contributed by atoms with Gasteiger partial charge in [-0.2, -0.15) is 4.98 Å². The normalized spacial score (nSPS) is 15.9. The van der Waals surface area contributed by atoms with E-state index in [1.165, 1.54) is 19.7 Å². The van der Waals surface area contributed by atoms with Crippen LogP contribution >= 0.6 is 0 Å². The Morgan fingerprint density at radius 3 is 2.70 bits per heavy atom. The van der Waals surface area contributed by atoms with E-state index in [0.717, 1.165) is 25.7 Å². The van der Waals surface area contributed by atoms with E-state index < -0.39 is 17.5 Å². The molecule has 0 spiro atoms. The van der Waals surface area contributed by atoms with Crippen LogP contribution in [0, 0.1) is 5.92 Å². The van der Waals surface area contributed by atoms with Crippen molar-refractivity contribution in [1.29, 1.82) is 0 Å². The molecule has 2 heterocycles. The maximum atomic E-state index is 12.7. The first-order chi connectivity index (χ1) is 13.0. The van der Waals surface area contributed by atoms with Gasteiger partial charge >= 0.3 is 0 Å². The molecule has 3 N–H and O–H groups in total. The van der Waals surface area contributed by atoms with E-state index in [-0.39, 0.29) is 17.6 Å². The lowest BCUT2D eigenvalue weighted by molar-refractivity contribution is 0.0910. The van der Waals surface area contributed by atoms with E-state index in [2.05, 4.69) is 20.3 Å². The number of rotatable bonds is 5. The maximum absolute atomic E-state index is 12.7. The molecule has 2 aromatic rings. The van der Waals surface area contributed by atoms with Crippen LogP contribution in [0.4, 0.5) is 0 Å². The monoisotopic (exact) mass is 372 g/mol. The predicted octanol–water partition coefficient (Wildman–Crippen LogP) is 2.66. The molecule has 144 valence electrons. The van der Waals surface area contributed by atoms with Gasteiger partial charge < -0.3 is 20.3 Å². The van der Waals surface area contributed by atoms with Gasteiger partial charge in [0.05, 0.1) is 7.11 Å². The topological polar surface area (TPSA) is 117 Å². The fraction of sp³-hybridized carbons (Fsp3) is 0.474. The SMILES string of the molecule is COc1ccnc(-c2nc(O)c(O)c(C(=O)N[C@H](C)C3CCCCC3)n2)c1. The van der Waals surface area contributed by atoms with Crippen molar-refractivity contribution in [3.05, 3.63) is 24.0 Å². The molecule has 0 aliphatic heterocycles. The summed E-state index contributed by atoms with van der Waals surface area (Å²) in [5.74, 6) is -0.893. The number of hydrogen-bond acceptors (Lipinski definition) is 7. The third-order valence-corrected chi connectivity index (χ3v) is 4.99. The highest BCUT2D eigenvalue weighted by Gasteiger charge is 2.26. The molecular formula is C19H24N4O4. The molecular weight excluding hydrogens is 348 g/mol. The molecule has 0 saturated heterocycles. The first-order valence-corrected chi connectivity index (χ1v) is 9.11. The van der Waals surface area contributed by atoms with Gasteiger partial charge in [0.1, 0.15) is 11.4 Å². The standard InChI is InChI=1S/C19H24N4O4/c1-11(12-6-4-3-5-7-12)21-18(25)15-16(24)19(26)23-17(22-15)14-10-13(27-2)8-9-20-14/h8-12,24H,3-7H2,1-2H3,(H,21,25)(H,22,23,26)/t11-/m1/s1. The van der Waals surface area contributed by atoms with E-state index in [0.29, 0.717) is 17.4 Å². The Bertz CT molecular complexity index is 821. The third kappa shape index (κ3) is 4.27. The second kappa shape index (κ2) is 8.20. The molecule has 3 rings (SSSR count). The van der Waals surface area contributed by atoms with Crippen molar-refractivity contribution in [2.24, 2.45) is 5.92 Å². The van der Waals surface area contributed by atoms with Crippen LogP contribution in [-0.2, 0) is 0 Å². The molecule has 8 nitrogen and oxygen atoms in total. The van der Waals surface area contributed by atoms with E-state index in [1.807, 2.05) is 6.92 Å². The maximum Gasteiger partial charge on any atom is 0.274 e. The number of amides is 1. The van der Waals surface area contributed by atoms with E-state index >= 15 is 0 Å². The lowest BCUT2D eigenvalue weighted by Crippen LogP contribution is -2.39. The fourth-order valence-corrected chi connectivity index (χ4v) is 3.40. The summed E-state index contributed by atoms with van der Waals surface area (Å²) < 4.78 is 5.14. The Hall–Kier alpha value is -2.90. The summed E-state index contributed by atoms with van der Waals surface area (Å²) in [6.07, 6.45) is 7.20. The number of aromatic hydroxyl groups is 2. The van der Waals surface area contributed by atoms with E-state index in [4.69, 9.17) is 4.74 Å². The van der Waals surface area contributed by atoms with Crippen LogP contribution in [0.2, 0.25) is 0 Å². The van der Waals surface area contributed by atoms with Crippen LogP contribution in [0.5, 0.6) is 17.4 Å². The Kier molecular flexibility index (Phi) is 5.73. The number of pyridine rings is 1. The molecule has 2 aromatic heterocycles. The molecule has 1 saturated carbocycles. The van der Waals surface area contributed by atoms with Crippen molar-refractivity contribution in [3.63, 3.8) is 0 Å². The highest BCUT2D eigenvalue weighted by molar-refractivity contribution is 5.96. The zero-order valence-electron chi connectivity index (χ0n) is 15.5. The number of nitrogens with one attached hydrogen (secondary N) is 1. The average molecular weight is 372 g/mol. The van der Waals surface area contributed by atoms with Crippen LogP contribution in [0.1, 0.15) is 49.5 Å². The van der Waals surface area contributed by atoms with Gasteiger partial charge in [-0.3, -0.25) is 9.78 Å². The molecule has 0 unspecified atom stereocenters. The highest BCUT2D eigenvalue weighted by Crippen LogP contribution is 2.30. The molecule has 1 fully saturated rings. The van der Waals surface area contributed by atoms with Crippen molar-refractivity contribution in [1.82, 2.24) is 20.3 Å². The molecule has 1 aliphatic carbocycles. The van der Waals surface area contributed by atoms with Gasteiger partial charge in [0, 0.05) is 18.3 Å². The summed E-state index contributed by atoms with van der Waals surface area (Å²) in [4.78, 5) is 24.7. The summed E-state index contributed by atoms with van der Waals surface area (Å²) in [6, 6.07) is 3.19. The van der Waals surface area contributed by atoms with Gasteiger partial charge in [0.15, 0.2) is 11.5 Å². The summed E-state index contributed by atoms with van der Waals surface area (Å²) in [6.45, 7) is 1.95. The molecule has 0 aromatic carbocycles. The Morgan fingerprint density at radius 2 is 2.00 bits per heavy atom. The van der Waals surface area contributed by atoms with Crippen LogP contribution < -0.4 is 10.1 Å². The van der Waals surface area contributed by atoms with Gasteiger partial charge in [0.25, 0.3) is 11.8 Å². The summed E-state index contributed by atoms with van der Waals surface area (Å²) >= 11 is 0. The van der Waals surface area contributed by atoms with Gasteiger partial charge in [-0.15, -0.1) is 0 Å². The average Bonchev–Trinajstić information content (AvgIpc) is 2.70. The Morgan fingerprint density at radius 1 is 1.26 bits per heavy atom. The van der Waals surface area contributed by atoms with E-state index in [1.54, 1.807) is 12.1 Å². The number of hydrogen-bond donors (Lipinski definition) is 3. The lowest BCUT2D eigenvalue weighted by atomic mass is 9.84. The van der Waals surface area contributed by atoms with Gasteiger partial charge in [-0.05, 0) is 31.7 Å². The third-order valence-electron chi connectivity index (χ3n) is 4.99. The van der Waals surface area contributed by atoms with Gasteiger partial charge in [-0.1, -0.05) is 19.3 Å². The largest absolute Gasteiger partial charge is 0.501 e. The first kappa shape index (κ1) is 18.9. The molecule has 0 radical (unpaired) electrons. The van der Waals surface area contributed by atoms with Crippen LogP contribution in [0.3, 0.4) is 0 Å². The number of aromatic nitrogens is 3. The number of methoxy groups -OCH3 is 1. The van der Waals surface area contributed by atoms with Gasteiger partial charge in [0.2, 0.25) is 5.75 Å². The van der Waals surface area contributed by atoms with Crippen molar-refractivity contribution in [3.8, 4) is 28.9 Å². The van der Waals surface area contributed by atoms with Crippen molar-refractivity contribution in [2.45, 2.75) is 45.1 Å². The molecule has 1 amide bonds. The van der Waals surface area contributed by atoms with Crippen LogP contribution in [-0.4, -0.2) is 44.2 Å². The lowest BCUT2D eigenvalue weighted by Gasteiger charge is -2.28. The zero-order valence-corrected chi connectivity index (χ0v) is 15.5. The van der Waals surface area contributed by atoms with Gasteiger partial charge in [-0.25, -0.2) is 4.98 Å². The summed E-state index contributed by atoms with van der Waals surface area (Å²) in [5, 5.41) is 22.9. The second-order valence-electron chi connectivity index (χ2n) is 6.81. The predicted molar refractivity (Wildman–Crippen MR) is 98.6 cm³/mol. The van der Waals surface area contributed by atoms with Crippen LogP contribution in [0.25, 0.3) is 11.5 Å². The molecule has 1 aliphatic rings. The molecule has 8 heteroatoms. The van der Waals surface area contributed by atoms with Crippen molar-refractivity contribution >= 4 is 5.91 Å². The minimum absolute atomic E-state index is 0.0275. The second-order valence-corrected chi connectivity index (χ2v) is 6.81. The fourth-order valence-electron chi connectivity index (χ4n) is 3.40. The Labute approximate surface area is 157 Å². The quantitative estimate of drug-likeness (QED) is 0.738. The van der Waals surface area contributed by atoms with Crippen molar-refractivity contribution < 1.29 is 19.7 Å². The first-order valence-electron chi connectivity index (χ1n) is 9.11. The Balaban J connectivity index is 1.85. The number of carbonyl (C=O) groups is 1. The number of nitrogens with zero attached hydrogens (tertiary/aromatic N) is 3. The smallest absolute Gasteiger partial charge is 0.274 e. The molecule has 0 bridgehead atoms. The minimum Gasteiger partial charge on any atom is -0.501 e. The summed E-state index contributed by atoms with van der Waals surface area (Å²) in [5.41, 5.74) is 0.0452. The molecule has 1 atom stereocenters. The zero-order chi connectivity index (χ0) is 19.4. The van der Waals surface area contributed by atoms with Crippen molar-refractivity contribution in [2.75, 3.05) is 7.11 Å². The van der Waals surface area contributed by atoms with Crippen LogP contribution in [0.15, 0.2) is 18.3 Å². The number of carbonyl (C=O) groups excluding carboxylic acids is 1.